The molecule has 2 aromatic rings. The molecule has 1 atom stereocenters. The SMILES string of the molecule is Cc1csc(C(C)Nc2cccc(Cl)c2N)n1. The van der Waals surface area contributed by atoms with Crippen LogP contribution in [0.15, 0.2) is 23.6 Å². The monoisotopic (exact) mass is 267 g/mol. The van der Waals surface area contributed by atoms with Gasteiger partial charge in [0, 0.05) is 11.1 Å². The maximum atomic E-state index is 5.97. The van der Waals surface area contributed by atoms with E-state index in [2.05, 4.69) is 17.2 Å². The predicted octanol–water partition coefficient (Wildman–Crippen LogP) is 3.86. The summed E-state index contributed by atoms with van der Waals surface area (Å²) in [5.41, 5.74) is 8.37. The molecule has 0 aliphatic rings. The topological polar surface area (TPSA) is 50.9 Å². The Morgan fingerprint density at radius 2 is 2.24 bits per heavy atom. The number of aromatic nitrogens is 1. The molecule has 0 spiro atoms. The molecular weight excluding hydrogens is 254 g/mol. The number of halogens is 1. The number of aryl methyl sites for hydroxylation is 1. The highest BCUT2D eigenvalue weighted by Crippen LogP contribution is 2.30. The fourth-order valence-electron chi connectivity index (χ4n) is 1.53. The predicted molar refractivity (Wildman–Crippen MR) is 74.8 cm³/mol. The number of thiazole rings is 1. The van der Waals surface area contributed by atoms with Gasteiger partial charge in [-0.25, -0.2) is 4.98 Å². The minimum Gasteiger partial charge on any atom is -0.396 e. The number of para-hydroxylation sites is 1. The number of benzene rings is 1. The van der Waals surface area contributed by atoms with Crippen LogP contribution in [0, 0.1) is 6.92 Å². The standard InChI is InChI=1S/C12H14ClN3S/c1-7-6-17-12(15-7)8(2)16-10-5-3-4-9(13)11(10)14/h3-6,8,16H,14H2,1-2H3. The fourth-order valence-corrected chi connectivity index (χ4v) is 2.51. The molecule has 3 N–H and O–H groups in total. The van der Waals surface area contributed by atoms with Gasteiger partial charge in [0.15, 0.2) is 0 Å². The van der Waals surface area contributed by atoms with Gasteiger partial charge in [0.25, 0.3) is 0 Å². The summed E-state index contributed by atoms with van der Waals surface area (Å²) in [7, 11) is 0. The molecule has 0 fully saturated rings. The summed E-state index contributed by atoms with van der Waals surface area (Å²) in [6.07, 6.45) is 0. The van der Waals surface area contributed by atoms with Crippen molar-refractivity contribution in [1.82, 2.24) is 4.98 Å². The number of nitrogen functional groups attached to an aromatic ring is 1. The first-order chi connectivity index (χ1) is 8.08. The molecule has 17 heavy (non-hydrogen) atoms. The van der Waals surface area contributed by atoms with Crippen molar-refractivity contribution in [2.24, 2.45) is 0 Å². The van der Waals surface area contributed by atoms with Gasteiger partial charge in [0.1, 0.15) is 5.01 Å². The molecule has 90 valence electrons. The van der Waals surface area contributed by atoms with E-state index in [0.717, 1.165) is 16.4 Å². The lowest BCUT2D eigenvalue weighted by atomic mass is 10.2. The normalized spacial score (nSPS) is 12.4. The van der Waals surface area contributed by atoms with Crippen molar-refractivity contribution in [2.75, 3.05) is 11.1 Å². The molecule has 0 saturated heterocycles. The van der Waals surface area contributed by atoms with Crippen molar-refractivity contribution in [3.63, 3.8) is 0 Å². The van der Waals surface area contributed by atoms with E-state index in [-0.39, 0.29) is 6.04 Å². The number of anilines is 2. The molecule has 5 heteroatoms. The van der Waals surface area contributed by atoms with Crippen molar-refractivity contribution < 1.29 is 0 Å². The summed E-state index contributed by atoms with van der Waals surface area (Å²) in [5.74, 6) is 0. The van der Waals surface area contributed by atoms with Gasteiger partial charge in [-0.1, -0.05) is 17.7 Å². The number of hydrogen-bond donors (Lipinski definition) is 2. The lowest BCUT2D eigenvalue weighted by Crippen LogP contribution is -2.08. The van der Waals surface area contributed by atoms with E-state index in [1.54, 1.807) is 17.4 Å². The van der Waals surface area contributed by atoms with Crippen LogP contribution in [0.5, 0.6) is 0 Å². The molecular formula is C12H14ClN3S. The van der Waals surface area contributed by atoms with Crippen molar-refractivity contribution in [2.45, 2.75) is 19.9 Å². The highest BCUT2D eigenvalue weighted by Gasteiger charge is 2.11. The largest absolute Gasteiger partial charge is 0.396 e. The number of rotatable bonds is 3. The van der Waals surface area contributed by atoms with Crippen molar-refractivity contribution in [3.8, 4) is 0 Å². The van der Waals surface area contributed by atoms with Crippen LogP contribution in [0.25, 0.3) is 0 Å². The van der Waals surface area contributed by atoms with Crippen molar-refractivity contribution in [1.29, 1.82) is 0 Å². The molecule has 0 bridgehead atoms. The third kappa shape index (κ3) is 2.70. The average molecular weight is 268 g/mol. The lowest BCUT2D eigenvalue weighted by molar-refractivity contribution is 0.864. The average Bonchev–Trinajstić information content (AvgIpc) is 2.72. The van der Waals surface area contributed by atoms with Gasteiger partial charge in [-0.3, -0.25) is 0 Å². The van der Waals surface area contributed by atoms with E-state index < -0.39 is 0 Å². The van der Waals surface area contributed by atoms with Crippen LogP contribution in [0.1, 0.15) is 23.7 Å². The smallest absolute Gasteiger partial charge is 0.115 e. The second-order valence-electron chi connectivity index (χ2n) is 3.89. The summed E-state index contributed by atoms with van der Waals surface area (Å²) in [4.78, 5) is 4.44. The van der Waals surface area contributed by atoms with Crippen molar-refractivity contribution in [3.05, 3.63) is 39.3 Å². The number of nitrogens with zero attached hydrogens (tertiary/aromatic N) is 1. The number of hydrogen-bond acceptors (Lipinski definition) is 4. The van der Waals surface area contributed by atoms with Crippen molar-refractivity contribution >= 4 is 34.3 Å². The van der Waals surface area contributed by atoms with Crippen LogP contribution in [0.4, 0.5) is 11.4 Å². The quantitative estimate of drug-likeness (QED) is 0.831. The Hall–Kier alpha value is -1.26. The summed E-state index contributed by atoms with van der Waals surface area (Å²) < 4.78 is 0. The second kappa shape index (κ2) is 4.94. The minimum absolute atomic E-state index is 0.120. The second-order valence-corrected chi connectivity index (χ2v) is 5.19. The van der Waals surface area contributed by atoms with Gasteiger partial charge < -0.3 is 11.1 Å². The van der Waals surface area contributed by atoms with E-state index in [9.17, 15) is 0 Å². The molecule has 3 nitrogen and oxygen atoms in total. The van der Waals surface area contributed by atoms with E-state index in [4.69, 9.17) is 17.3 Å². The maximum absolute atomic E-state index is 5.97. The first-order valence-corrected chi connectivity index (χ1v) is 6.56. The Morgan fingerprint density at radius 1 is 1.47 bits per heavy atom. The molecule has 0 aliphatic carbocycles. The van der Waals surface area contributed by atoms with Crippen LogP contribution < -0.4 is 11.1 Å². The Labute approximate surface area is 110 Å². The zero-order valence-corrected chi connectivity index (χ0v) is 11.3. The zero-order valence-electron chi connectivity index (χ0n) is 9.70. The molecule has 2 rings (SSSR count). The van der Waals surface area contributed by atoms with Gasteiger partial charge in [-0.2, -0.15) is 0 Å². The van der Waals surface area contributed by atoms with E-state index in [1.807, 2.05) is 24.4 Å². The molecule has 0 saturated carbocycles. The molecule has 1 aromatic heterocycles. The Balaban J connectivity index is 2.18. The third-order valence-electron chi connectivity index (χ3n) is 2.43. The molecule has 1 heterocycles. The van der Waals surface area contributed by atoms with Gasteiger partial charge in [-0.15, -0.1) is 11.3 Å². The van der Waals surface area contributed by atoms with E-state index in [0.29, 0.717) is 10.7 Å². The Kier molecular flexibility index (Phi) is 3.54. The zero-order chi connectivity index (χ0) is 12.4. The third-order valence-corrected chi connectivity index (χ3v) is 3.91. The van der Waals surface area contributed by atoms with E-state index in [1.165, 1.54) is 0 Å². The fraction of sp³-hybridized carbons (Fsp3) is 0.250. The van der Waals surface area contributed by atoms with Crippen LogP contribution in [-0.2, 0) is 0 Å². The minimum atomic E-state index is 0.120. The maximum Gasteiger partial charge on any atom is 0.115 e. The van der Waals surface area contributed by atoms with Crippen LogP contribution >= 0.6 is 22.9 Å². The van der Waals surface area contributed by atoms with Gasteiger partial charge in [0.05, 0.1) is 22.4 Å². The highest BCUT2D eigenvalue weighted by molar-refractivity contribution is 7.09. The van der Waals surface area contributed by atoms with Gasteiger partial charge in [0.2, 0.25) is 0 Å². The molecule has 1 unspecified atom stereocenters. The summed E-state index contributed by atoms with van der Waals surface area (Å²) in [6, 6.07) is 5.69. The first kappa shape index (κ1) is 12.2. The van der Waals surface area contributed by atoms with Gasteiger partial charge in [-0.05, 0) is 26.0 Å². The highest BCUT2D eigenvalue weighted by atomic mass is 35.5. The summed E-state index contributed by atoms with van der Waals surface area (Å²) in [6.45, 7) is 4.04. The Morgan fingerprint density at radius 3 is 2.88 bits per heavy atom. The van der Waals surface area contributed by atoms with E-state index >= 15 is 0 Å². The van der Waals surface area contributed by atoms with Crippen LogP contribution in [-0.4, -0.2) is 4.98 Å². The first-order valence-electron chi connectivity index (χ1n) is 5.30. The number of nitrogens with one attached hydrogen (secondary N) is 1. The van der Waals surface area contributed by atoms with Crippen LogP contribution in [0.3, 0.4) is 0 Å². The number of nitrogens with two attached hydrogens (primary N) is 1. The lowest BCUT2D eigenvalue weighted by Gasteiger charge is -2.15. The molecule has 0 aliphatic heterocycles. The summed E-state index contributed by atoms with van der Waals surface area (Å²) in [5, 5.41) is 6.97. The van der Waals surface area contributed by atoms with Gasteiger partial charge >= 0.3 is 0 Å². The molecule has 0 amide bonds. The molecule has 1 aromatic carbocycles. The summed E-state index contributed by atoms with van der Waals surface area (Å²) >= 11 is 7.61. The Bertz CT molecular complexity index is 524. The van der Waals surface area contributed by atoms with Crippen LogP contribution in [0.2, 0.25) is 5.02 Å². The molecule has 0 radical (unpaired) electrons.